The van der Waals surface area contributed by atoms with Crippen molar-refractivity contribution in [1.29, 1.82) is 0 Å². The van der Waals surface area contributed by atoms with Gasteiger partial charge in [0.1, 0.15) is 0 Å². The predicted octanol–water partition coefficient (Wildman–Crippen LogP) is 2.41. The van der Waals surface area contributed by atoms with E-state index in [9.17, 15) is 13.9 Å². The average molecular weight is 259 g/mol. The Hall–Kier alpha value is -1.04. The zero-order valence-corrected chi connectivity index (χ0v) is 10.5. The van der Waals surface area contributed by atoms with Crippen LogP contribution in [0.4, 0.5) is 8.78 Å². The Bertz CT molecular complexity index is 372. The summed E-state index contributed by atoms with van der Waals surface area (Å²) in [6, 6.07) is 5.99. The molecule has 3 nitrogen and oxygen atoms in total. The molecule has 0 fully saturated rings. The quantitative estimate of drug-likeness (QED) is 0.824. The number of aliphatic hydroxyl groups is 1. The summed E-state index contributed by atoms with van der Waals surface area (Å²) in [4.78, 5) is 0. The van der Waals surface area contributed by atoms with Crippen LogP contribution in [-0.4, -0.2) is 23.9 Å². The largest absolute Gasteiger partial charge is 0.391 e. The summed E-state index contributed by atoms with van der Waals surface area (Å²) in [6.07, 6.45) is -4.06. The Labute approximate surface area is 106 Å². The molecule has 0 heterocycles. The lowest BCUT2D eigenvalue weighted by atomic mass is 10.1. The fourth-order valence-corrected chi connectivity index (χ4v) is 1.54. The molecule has 3 atom stereocenters. The highest BCUT2D eigenvalue weighted by Crippen LogP contribution is 2.25. The maximum atomic E-state index is 12.6. The number of hydrogen-bond acceptors (Lipinski definition) is 3. The zero-order valence-electron chi connectivity index (χ0n) is 10.5. The first-order valence-electron chi connectivity index (χ1n) is 5.87. The van der Waals surface area contributed by atoms with Gasteiger partial charge < -0.3 is 15.6 Å². The molecule has 0 aromatic heterocycles. The first-order valence-corrected chi connectivity index (χ1v) is 5.87. The average Bonchev–Trinajstić information content (AvgIpc) is 2.35. The van der Waals surface area contributed by atoms with Gasteiger partial charge in [-0.3, -0.25) is 0 Å². The Balaban J connectivity index is 2.84. The summed E-state index contributed by atoms with van der Waals surface area (Å²) >= 11 is 0. The van der Waals surface area contributed by atoms with Crippen molar-refractivity contribution in [2.24, 2.45) is 5.73 Å². The molecule has 0 amide bonds. The molecule has 1 aromatic carbocycles. The molecule has 18 heavy (non-hydrogen) atoms. The number of alkyl halides is 2. The van der Waals surface area contributed by atoms with Gasteiger partial charge in [0.05, 0.1) is 18.3 Å². The maximum absolute atomic E-state index is 12.6. The first kappa shape index (κ1) is 15.0. The van der Waals surface area contributed by atoms with Gasteiger partial charge in [0, 0.05) is 12.1 Å². The number of nitrogens with two attached hydrogens (primary N) is 1. The van der Waals surface area contributed by atoms with Gasteiger partial charge >= 0.3 is 0 Å². The number of halogens is 2. The van der Waals surface area contributed by atoms with Crippen molar-refractivity contribution in [2.45, 2.75) is 38.6 Å². The van der Waals surface area contributed by atoms with E-state index < -0.39 is 24.7 Å². The van der Waals surface area contributed by atoms with Crippen molar-refractivity contribution in [3.8, 4) is 0 Å². The standard InChI is InChI=1S/C13H19F2NO2/c1-8(17)9(2)18-12(7-16)10-4-3-5-11(6-10)13(14)15/h3-6,8-9,12-13,17H,7,16H2,1-2H3. The van der Waals surface area contributed by atoms with Crippen molar-refractivity contribution in [2.75, 3.05) is 6.54 Å². The van der Waals surface area contributed by atoms with Gasteiger partial charge in [0.15, 0.2) is 0 Å². The topological polar surface area (TPSA) is 55.5 Å². The van der Waals surface area contributed by atoms with E-state index >= 15 is 0 Å². The third kappa shape index (κ3) is 4.01. The Morgan fingerprint density at radius 2 is 1.89 bits per heavy atom. The lowest BCUT2D eigenvalue weighted by Crippen LogP contribution is -2.28. The number of rotatable bonds is 6. The SMILES string of the molecule is CC(O)C(C)OC(CN)c1cccc(C(F)F)c1. The number of ether oxygens (including phenoxy) is 1. The van der Waals surface area contributed by atoms with E-state index in [-0.39, 0.29) is 12.1 Å². The predicted molar refractivity (Wildman–Crippen MR) is 65.4 cm³/mol. The van der Waals surface area contributed by atoms with Crippen molar-refractivity contribution < 1.29 is 18.6 Å². The summed E-state index contributed by atoms with van der Waals surface area (Å²) in [7, 11) is 0. The minimum Gasteiger partial charge on any atom is -0.391 e. The summed E-state index contributed by atoms with van der Waals surface area (Å²) in [5, 5.41) is 9.37. The molecule has 0 saturated heterocycles. The minimum atomic E-state index is -2.52. The number of benzene rings is 1. The van der Waals surface area contributed by atoms with Gasteiger partial charge in [0.25, 0.3) is 6.43 Å². The van der Waals surface area contributed by atoms with Gasteiger partial charge in [-0.15, -0.1) is 0 Å². The van der Waals surface area contributed by atoms with Gasteiger partial charge in [-0.05, 0) is 25.5 Å². The number of aliphatic hydroxyl groups excluding tert-OH is 1. The highest BCUT2D eigenvalue weighted by atomic mass is 19.3. The zero-order chi connectivity index (χ0) is 13.7. The summed E-state index contributed by atoms with van der Waals surface area (Å²) in [6.45, 7) is 3.49. The fraction of sp³-hybridized carbons (Fsp3) is 0.538. The first-order chi connectivity index (χ1) is 8.45. The van der Waals surface area contributed by atoms with E-state index in [1.807, 2.05) is 0 Å². The highest BCUT2D eigenvalue weighted by Gasteiger charge is 2.18. The molecule has 0 aliphatic rings. The molecule has 0 radical (unpaired) electrons. The Morgan fingerprint density at radius 1 is 1.28 bits per heavy atom. The molecule has 1 rings (SSSR count). The van der Waals surface area contributed by atoms with E-state index in [0.717, 1.165) is 0 Å². The molecular formula is C13H19F2NO2. The normalized spacial score (nSPS) is 16.6. The monoisotopic (exact) mass is 259 g/mol. The van der Waals surface area contributed by atoms with E-state index in [0.29, 0.717) is 5.56 Å². The van der Waals surface area contributed by atoms with Crippen LogP contribution in [-0.2, 0) is 4.74 Å². The van der Waals surface area contributed by atoms with Crippen molar-refractivity contribution in [3.63, 3.8) is 0 Å². The van der Waals surface area contributed by atoms with E-state index in [2.05, 4.69) is 0 Å². The van der Waals surface area contributed by atoms with Crippen LogP contribution in [0.3, 0.4) is 0 Å². The van der Waals surface area contributed by atoms with Crippen molar-refractivity contribution in [3.05, 3.63) is 35.4 Å². The van der Waals surface area contributed by atoms with Crippen LogP contribution in [0.5, 0.6) is 0 Å². The molecule has 0 aliphatic carbocycles. The summed E-state index contributed by atoms with van der Waals surface area (Å²) < 4.78 is 30.7. The van der Waals surface area contributed by atoms with Crippen LogP contribution >= 0.6 is 0 Å². The van der Waals surface area contributed by atoms with E-state index in [1.54, 1.807) is 26.0 Å². The van der Waals surface area contributed by atoms with Gasteiger partial charge in [-0.1, -0.05) is 18.2 Å². The second-order valence-electron chi connectivity index (χ2n) is 4.28. The molecule has 0 saturated carbocycles. The minimum absolute atomic E-state index is 0.0562. The molecular weight excluding hydrogens is 240 g/mol. The highest BCUT2D eigenvalue weighted by molar-refractivity contribution is 5.26. The van der Waals surface area contributed by atoms with Crippen LogP contribution in [0.15, 0.2) is 24.3 Å². The van der Waals surface area contributed by atoms with E-state index in [1.165, 1.54) is 12.1 Å². The van der Waals surface area contributed by atoms with Crippen molar-refractivity contribution in [1.82, 2.24) is 0 Å². The summed E-state index contributed by atoms with van der Waals surface area (Å²) in [5.74, 6) is 0. The number of hydrogen-bond donors (Lipinski definition) is 2. The molecule has 3 unspecified atom stereocenters. The summed E-state index contributed by atoms with van der Waals surface area (Å²) in [5.41, 5.74) is 6.13. The third-order valence-corrected chi connectivity index (χ3v) is 2.81. The van der Waals surface area contributed by atoms with Crippen LogP contribution < -0.4 is 5.73 Å². The van der Waals surface area contributed by atoms with Crippen LogP contribution in [0.2, 0.25) is 0 Å². The second kappa shape index (κ2) is 6.78. The lowest BCUT2D eigenvalue weighted by Gasteiger charge is -2.23. The lowest BCUT2D eigenvalue weighted by molar-refractivity contribution is -0.0592. The molecule has 5 heteroatoms. The van der Waals surface area contributed by atoms with Crippen LogP contribution in [0.25, 0.3) is 0 Å². The maximum Gasteiger partial charge on any atom is 0.263 e. The third-order valence-electron chi connectivity index (χ3n) is 2.81. The van der Waals surface area contributed by atoms with Crippen LogP contribution in [0.1, 0.15) is 37.5 Å². The van der Waals surface area contributed by atoms with Gasteiger partial charge in [-0.25, -0.2) is 8.78 Å². The molecule has 0 spiro atoms. The molecule has 0 bridgehead atoms. The molecule has 3 N–H and O–H groups in total. The molecule has 1 aromatic rings. The smallest absolute Gasteiger partial charge is 0.263 e. The van der Waals surface area contributed by atoms with Gasteiger partial charge in [-0.2, -0.15) is 0 Å². The van der Waals surface area contributed by atoms with Crippen molar-refractivity contribution >= 4 is 0 Å². The Kier molecular flexibility index (Phi) is 5.65. The Morgan fingerprint density at radius 3 is 2.39 bits per heavy atom. The molecule has 102 valence electrons. The van der Waals surface area contributed by atoms with Gasteiger partial charge in [0.2, 0.25) is 0 Å². The molecule has 0 aliphatic heterocycles. The fourth-order valence-electron chi connectivity index (χ4n) is 1.54. The van der Waals surface area contributed by atoms with E-state index in [4.69, 9.17) is 10.5 Å². The second-order valence-corrected chi connectivity index (χ2v) is 4.28. The van der Waals surface area contributed by atoms with Crippen LogP contribution in [0, 0.1) is 0 Å².